The van der Waals surface area contributed by atoms with Gasteiger partial charge in [-0.15, -0.1) is 0 Å². The normalized spacial score (nSPS) is 20.2. The molecule has 2 rings (SSSR count). The molecule has 1 aromatic carbocycles. The maximum Gasteiger partial charge on any atom is 0.292 e. The molecular formula is C13H19N3O3. The molecular weight excluding hydrogens is 246 g/mol. The fourth-order valence-corrected chi connectivity index (χ4v) is 2.33. The molecule has 0 saturated carbocycles. The Hall–Kier alpha value is -1.66. The fraction of sp³-hybridized carbons (Fsp3) is 0.538. The highest BCUT2D eigenvalue weighted by molar-refractivity contribution is 5.62. The monoisotopic (exact) mass is 265 g/mol. The summed E-state index contributed by atoms with van der Waals surface area (Å²) in [5.74, 6) is 0. The Morgan fingerprint density at radius 3 is 3.00 bits per heavy atom. The topological polar surface area (TPSA) is 67.6 Å². The van der Waals surface area contributed by atoms with Crippen LogP contribution >= 0.6 is 0 Å². The van der Waals surface area contributed by atoms with Gasteiger partial charge in [-0.05, 0) is 18.6 Å². The Labute approximate surface area is 112 Å². The van der Waals surface area contributed by atoms with Gasteiger partial charge < -0.3 is 10.1 Å². The number of anilines is 1. The molecule has 1 fully saturated rings. The van der Waals surface area contributed by atoms with Crippen LogP contribution in [0.5, 0.6) is 0 Å². The van der Waals surface area contributed by atoms with Gasteiger partial charge in [-0.25, -0.2) is 0 Å². The van der Waals surface area contributed by atoms with Gasteiger partial charge in [0.05, 0.1) is 17.6 Å². The van der Waals surface area contributed by atoms with Gasteiger partial charge in [0.15, 0.2) is 0 Å². The number of morpholine rings is 1. The summed E-state index contributed by atoms with van der Waals surface area (Å²) in [7, 11) is 1.70. The molecule has 1 unspecified atom stereocenters. The fourth-order valence-electron chi connectivity index (χ4n) is 2.33. The van der Waals surface area contributed by atoms with Crippen molar-refractivity contribution in [3.63, 3.8) is 0 Å². The van der Waals surface area contributed by atoms with E-state index < -0.39 is 0 Å². The van der Waals surface area contributed by atoms with Crippen LogP contribution in [0.15, 0.2) is 18.2 Å². The Kier molecular flexibility index (Phi) is 4.34. The Morgan fingerprint density at radius 1 is 1.58 bits per heavy atom. The molecule has 1 saturated heterocycles. The van der Waals surface area contributed by atoms with E-state index in [4.69, 9.17) is 4.74 Å². The van der Waals surface area contributed by atoms with Gasteiger partial charge in [0.25, 0.3) is 5.69 Å². The molecule has 1 N–H and O–H groups in total. The molecule has 104 valence electrons. The highest BCUT2D eigenvalue weighted by Crippen LogP contribution is 2.25. The van der Waals surface area contributed by atoms with Gasteiger partial charge in [-0.3, -0.25) is 15.0 Å². The molecule has 1 aliphatic rings. The molecule has 1 atom stereocenters. The molecule has 1 aromatic rings. The minimum atomic E-state index is -0.369. The van der Waals surface area contributed by atoms with Crippen molar-refractivity contribution in [3.05, 3.63) is 33.9 Å². The maximum absolute atomic E-state index is 10.9. The van der Waals surface area contributed by atoms with E-state index >= 15 is 0 Å². The Morgan fingerprint density at radius 2 is 2.37 bits per heavy atom. The summed E-state index contributed by atoms with van der Waals surface area (Å²) < 4.78 is 5.50. The van der Waals surface area contributed by atoms with E-state index in [1.165, 1.54) is 0 Å². The minimum absolute atomic E-state index is 0.113. The third-order valence-electron chi connectivity index (χ3n) is 3.26. The predicted octanol–water partition coefficient (Wildman–Crippen LogP) is 1.86. The smallest absolute Gasteiger partial charge is 0.292 e. The summed E-state index contributed by atoms with van der Waals surface area (Å²) in [4.78, 5) is 12.8. The lowest BCUT2D eigenvalue weighted by Crippen LogP contribution is -2.40. The van der Waals surface area contributed by atoms with Crippen molar-refractivity contribution in [3.8, 4) is 0 Å². The number of nitrogens with one attached hydrogen (secondary N) is 1. The molecule has 0 aromatic heterocycles. The van der Waals surface area contributed by atoms with Gasteiger partial charge in [0.1, 0.15) is 5.69 Å². The average molecular weight is 265 g/mol. The van der Waals surface area contributed by atoms with E-state index in [9.17, 15) is 10.1 Å². The van der Waals surface area contributed by atoms with Crippen molar-refractivity contribution in [2.24, 2.45) is 0 Å². The highest BCUT2D eigenvalue weighted by Gasteiger charge is 2.18. The van der Waals surface area contributed by atoms with Crippen LogP contribution in [0.1, 0.15) is 12.5 Å². The second-order valence-corrected chi connectivity index (χ2v) is 4.78. The number of ether oxygens (including phenoxy) is 1. The summed E-state index contributed by atoms with van der Waals surface area (Å²) in [6.45, 7) is 5.39. The van der Waals surface area contributed by atoms with Crippen LogP contribution in [0.4, 0.5) is 11.4 Å². The number of benzene rings is 1. The third kappa shape index (κ3) is 3.42. The molecule has 1 heterocycles. The lowest BCUT2D eigenvalue weighted by molar-refractivity contribution is -0.384. The van der Waals surface area contributed by atoms with Crippen molar-refractivity contribution in [1.29, 1.82) is 0 Å². The number of nitro benzene ring substituents is 1. The Balaban J connectivity index is 2.10. The molecule has 0 spiro atoms. The van der Waals surface area contributed by atoms with E-state index in [0.29, 0.717) is 5.69 Å². The molecule has 1 aliphatic heterocycles. The summed E-state index contributed by atoms with van der Waals surface area (Å²) in [5, 5.41) is 13.7. The number of hydrogen-bond acceptors (Lipinski definition) is 5. The van der Waals surface area contributed by atoms with Crippen molar-refractivity contribution in [2.45, 2.75) is 19.6 Å². The summed E-state index contributed by atoms with van der Waals surface area (Å²) in [5.41, 5.74) is 1.74. The Bertz CT molecular complexity index is 464. The highest BCUT2D eigenvalue weighted by atomic mass is 16.6. The SMILES string of the molecule is CNc1cc(CN2CCOC(C)C2)ccc1[N+](=O)[O-]. The van der Waals surface area contributed by atoms with Crippen LogP contribution in [0.25, 0.3) is 0 Å². The third-order valence-corrected chi connectivity index (χ3v) is 3.26. The van der Waals surface area contributed by atoms with E-state index in [0.717, 1.165) is 31.8 Å². The number of nitrogens with zero attached hydrogens (tertiary/aromatic N) is 2. The molecule has 6 nitrogen and oxygen atoms in total. The van der Waals surface area contributed by atoms with Crippen molar-refractivity contribution in [2.75, 3.05) is 32.1 Å². The first-order valence-corrected chi connectivity index (χ1v) is 6.39. The molecule has 0 aliphatic carbocycles. The van der Waals surface area contributed by atoms with E-state index in [1.807, 2.05) is 12.1 Å². The van der Waals surface area contributed by atoms with Crippen LogP contribution in [0, 0.1) is 10.1 Å². The van der Waals surface area contributed by atoms with Crippen LogP contribution in [-0.2, 0) is 11.3 Å². The van der Waals surface area contributed by atoms with Gasteiger partial charge >= 0.3 is 0 Å². The lowest BCUT2D eigenvalue weighted by Gasteiger charge is -2.31. The summed E-state index contributed by atoms with van der Waals surface area (Å²) in [6.07, 6.45) is 0.246. The van der Waals surface area contributed by atoms with Crippen molar-refractivity contribution in [1.82, 2.24) is 4.90 Å². The largest absolute Gasteiger partial charge is 0.383 e. The maximum atomic E-state index is 10.9. The van der Waals surface area contributed by atoms with E-state index in [-0.39, 0.29) is 16.7 Å². The first-order valence-electron chi connectivity index (χ1n) is 6.39. The van der Waals surface area contributed by atoms with Gasteiger partial charge in [0, 0.05) is 32.7 Å². The minimum Gasteiger partial charge on any atom is -0.383 e. The number of hydrogen-bond donors (Lipinski definition) is 1. The van der Waals surface area contributed by atoms with Crippen LogP contribution in [0.2, 0.25) is 0 Å². The van der Waals surface area contributed by atoms with Crippen molar-refractivity contribution >= 4 is 11.4 Å². The van der Waals surface area contributed by atoms with Crippen LogP contribution in [-0.4, -0.2) is 42.7 Å². The van der Waals surface area contributed by atoms with E-state index in [1.54, 1.807) is 13.1 Å². The number of nitro groups is 1. The molecule has 0 amide bonds. The van der Waals surface area contributed by atoms with Crippen LogP contribution < -0.4 is 5.32 Å². The zero-order valence-corrected chi connectivity index (χ0v) is 11.3. The standard InChI is InChI=1S/C13H19N3O3/c1-10-8-15(5-6-19-10)9-11-3-4-13(16(17)18)12(7-11)14-2/h3-4,7,10,14H,5-6,8-9H2,1-2H3. The second kappa shape index (κ2) is 5.99. The molecule has 0 radical (unpaired) electrons. The van der Waals surface area contributed by atoms with Gasteiger partial charge in [-0.1, -0.05) is 6.07 Å². The first-order chi connectivity index (χ1) is 9.10. The average Bonchev–Trinajstić information content (AvgIpc) is 2.38. The zero-order chi connectivity index (χ0) is 13.8. The molecule has 6 heteroatoms. The zero-order valence-electron chi connectivity index (χ0n) is 11.3. The quantitative estimate of drug-likeness (QED) is 0.664. The predicted molar refractivity (Wildman–Crippen MR) is 73.3 cm³/mol. The van der Waals surface area contributed by atoms with Crippen LogP contribution in [0.3, 0.4) is 0 Å². The summed E-state index contributed by atoms with van der Waals surface area (Å²) >= 11 is 0. The number of rotatable bonds is 4. The lowest BCUT2D eigenvalue weighted by atomic mass is 10.1. The first kappa shape index (κ1) is 13.8. The van der Waals surface area contributed by atoms with E-state index in [2.05, 4.69) is 17.1 Å². The second-order valence-electron chi connectivity index (χ2n) is 4.78. The van der Waals surface area contributed by atoms with Crippen molar-refractivity contribution < 1.29 is 9.66 Å². The van der Waals surface area contributed by atoms with Gasteiger partial charge in [-0.2, -0.15) is 0 Å². The summed E-state index contributed by atoms with van der Waals surface area (Å²) in [6, 6.07) is 5.22. The van der Waals surface area contributed by atoms with Gasteiger partial charge in [0.2, 0.25) is 0 Å². The molecule has 19 heavy (non-hydrogen) atoms. The molecule has 0 bridgehead atoms.